The van der Waals surface area contributed by atoms with Crippen LogP contribution in [0, 0.1) is 24.4 Å². The standard InChI is InChI=1S/C14H9F3N2/c1-7-2-8(4-9(15)3-7)14-18-12-5-10(16)11(17)6-13(12)19-14/h2-6H,1H3,(H,18,19). The summed E-state index contributed by atoms with van der Waals surface area (Å²) >= 11 is 0. The number of halogens is 3. The minimum atomic E-state index is -0.957. The maximum atomic E-state index is 13.3. The number of fused-ring (bicyclic) bond motifs is 1. The van der Waals surface area contributed by atoms with Gasteiger partial charge in [0.15, 0.2) is 11.6 Å². The van der Waals surface area contributed by atoms with Crippen LogP contribution in [0.25, 0.3) is 22.4 Å². The second-order valence-corrected chi connectivity index (χ2v) is 4.39. The highest BCUT2D eigenvalue weighted by atomic mass is 19.2. The van der Waals surface area contributed by atoms with Crippen molar-refractivity contribution in [2.24, 2.45) is 0 Å². The molecule has 0 bridgehead atoms. The molecule has 0 radical (unpaired) electrons. The van der Waals surface area contributed by atoms with Gasteiger partial charge in [-0.25, -0.2) is 18.2 Å². The molecule has 5 heteroatoms. The lowest BCUT2D eigenvalue weighted by molar-refractivity contribution is 0.510. The third-order valence-corrected chi connectivity index (χ3v) is 2.84. The van der Waals surface area contributed by atoms with Gasteiger partial charge in [0.05, 0.1) is 11.0 Å². The van der Waals surface area contributed by atoms with Crippen LogP contribution in [0.3, 0.4) is 0 Å². The lowest BCUT2D eigenvalue weighted by Crippen LogP contribution is -1.84. The van der Waals surface area contributed by atoms with E-state index in [0.717, 1.165) is 17.7 Å². The summed E-state index contributed by atoms with van der Waals surface area (Å²) in [6.45, 7) is 1.76. The van der Waals surface area contributed by atoms with E-state index in [1.54, 1.807) is 13.0 Å². The molecule has 0 amide bonds. The van der Waals surface area contributed by atoms with E-state index in [2.05, 4.69) is 9.97 Å². The van der Waals surface area contributed by atoms with Gasteiger partial charge in [-0.05, 0) is 30.7 Å². The van der Waals surface area contributed by atoms with E-state index < -0.39 is 11.6 Å². The fourth-order valence-corrected chi connectivity index (χ4v) is 2.01. The first-order valence-electron chi connectivity index (χ1n) is 5.65. The van der Waals surface area contributed by atoms with Crippen LogP contribution in [-0.4, -0.2) is 9.97 Å². The zero-order valence-corrected chi connectivity index (χ0v) is 9.97. The number of aromatic amines is 1. The molecule has 1 aromatic heterocycles. The SMILES string of the molecule is Cc1cc(F)cc(-c2nc3cc(F)c(F)cc3[nH]2)c1. The van der Waals surface area contributed by atoms with Gasteiger partial charge in [-0.1, -0.05) is 0 Å². The predicted molar refractivity (Wildman–Crippen MR) is 66.1 cm³/mol. The van der Waals surface area contributed by atoms with Crippen molar-refractivity contribution < 1.29 is 13.2 Å². The predicted octanol–water partition coefficient (Wildman–Crippen LogP) is 3.96. The molecule has 0 unspecified atom stereocenters. The fraction of sp³-hybridized carbons (Fsp3) is 0.0714. The van der Waals surface area contributed by atoms with Gasteiger partial charge < -0.3 is 4.98 Å². The topological polar surface area (TPSA) is 28.7 Å². The van der Waals surface area contributed by atoms with Crippen molar-refractivity contribution in [3.63, 3.8) is 0 Å². The molecule has 3 aromatic rings. The number of aromatic nitrogens is 2. The van der Waals surface area contributed by atoms with Gasteiger partial charge in [-0.2, -0.15) is 0 Å². The lowest BCUT2D eigenvalue weighted by Gasteiger charge is -1.99. The number of aryl methyl sites for hydroxylation is 1. The van der Waals surface area contributed by atoms with Gasteiger partial charge in [0.25, 0.3) is 0 Å². The second-order valence-electron chi connectivity index (χ2n) is 4.39. The van der Waals surface area contributed by atoms with Gasteiger partial charge in [-0.3, -0.25) is 0 Å². The first-order chi connectivity index (χ1) is 9.02. The molecule has 0 aliphatic rings. The molecule has 0 fully saturated rings. The van der Waals surface area contributed by atoms with Crippen LogP contribution >= 0.6 is 0 Å². The first-order valence-corrected chi connectivity index (χ1v) is 5.65. The van der Waals surface area contributed by atoms with Crippen molar-refractivity contribution in [1.82, 2.24) is 9.97 Å². The Kier molecular flexibility index (Phi) is 2.55. The number of hydrogen-bond acceptors (Lipinski definition) is 1. The number of imidazole rings is 1. The Bertz CT molecular complexity index is 718. The molecule has 0 spiro atoms. The Hall–Kier alpha value is -2.30. The monoisotopic (exact) mass is 262 g/mol. The van der Waals surface area contributed by atoms with E-state index in [4.69, 9.17) is 0 Å². The summed E-state index contributed by atoms with van der Waals surface area (Å²) in [4.78, 5) is 6.99. The molecule has 0 aliphatic carbocycles. The Labute approximate surface area is 106 Å². The average molecular weight is 262 g/mol. The van der Waals surface area contributed by atoms with Crippen LogP contribution in [0.5, 0.6) is 0 Å². The first kappa shape index (κ1) is 11.8. The molecule has 2 nitrogen and oxygen atoms in total. The zero-order valence-electron chi connectivity index (χ0n) is 9.97. The summed E-state index contributed by atoms with van der Waals surface area (Å²) < 4.78 is 39.5. The van der Waals surface area contributed by atoms with E-state index in [0.29, 0.717) is 22.4 Å². The minimum Gasteiger partial charge on any atom is -0.338 e. The molecule has 0 saturated heterocycles. The molecule has 0 aliphatic heterocycles. The van der Waals surface area contributed by atoms with E-state index in [9.17, 15) is 13.2 Å². The number of nitrogens with one attached hydrogen (secondary N) is 1. The summed E-state index contributed by atoms with van der Waals surface area (Å²) in [6, 6.07) is 6.50. The molecular formula is C14H9F3N2. The van der Waals surface area contributed by atoms with Crippen LogP contribution in [0.4, 0.5) is 13.2 Å². The average Bonchev–Trinajstić information content (AvgIpc) is 2.71. The third-order valence-electron chi connectivity index (χ3n) is 2.84. The highest BCUT2D eigenvalue weighted by Gasteiger charge is 2.10. The van der Waals surface area contributed by atoms with E-state index in [1.807, 2.05) is 0 Å². The Morgan fingerprint density at radius 2 is 1.68 bits per heavy atom. The van der Waals surface area contributed by atoms with E-state index >= 15 is 0 Å². The van der Waals surface area contributed by atoms with Crippen LogP contribution < -0.4 is 0 Å². The second kappa shape index (κ2) is 4.12. The fourth-order valence-electron chi connectivity index (χ4n) is 2.01. The molecule has 96 valence electrons. The normalized spacial score (nSPS) is 11.2. The molecular weight excluding hydrogens is 253 g/mol. The van der Waals surface area contributed by atoms with Crippen LogP contribution in [0.15, 0.2) is 30.3 Å². The van der Waals surface area contributed by atoms with Crippen molar-refractivity contribution in [2.45, 2.75) is 6.92 Å². The minimum absolute atomic E-state index is 0.302. The van der Waals surface area contributed by atoms with Crippen molar-refractivity contribution >= 4 is 11.0 Å². The molecule has 1 N–H and O–H groups in total. The Morgan fingerprint density at radius 1 is 0.947 bits per heavy atom. The number of H-pyrrole nitrogens is 1. The zero-order chi connectivity index (χ0) is 13.6. The molecule has 2 aromatic carbocycles. The van der Waals surface area contributed by atoms with E-state index in [1.165, 1.54) is 12.1 Å². The summed E-state index contributed by atoms with van der Waals surface area (Å²) in [5.41, 5.74) is 1.95. The van der Waals surface area contributed by atoms with Crippen LogP contribution in [0.1, 0.15) is 5.56 Å². The maximum Gasteiger partial charge on any atom is 0.161 e. The van der Waals surface area contributed by atoms with Crippen LogP contribution in [-0.2, 0) is 0 Å². The molecule has 0 atom stereocenters. The van der Waals surface area contributed by atoms with E-state index in [-0.39, 0.29) is 5.82 Å². The van der Waals surface area contributed by atoms with Gasteiger partial charge in [0, 0.05) is 17.7 Å². The molecule has 19 heavy (non-hydrogen) atoms. The number of hydrogen-bond donors (Lipinski definition) is 1. The molecule has 3 rings (SSSR count). The Morgan fingerprint density at radius 3 is 2.42 bits per heavy atom. The van der Waals surface area contributed by atoms with Gasteiger partial charge in [0.1, 0.15) is 11.6 Å². The maximum absolute atomic E-state index is 13.3. The third kappa shape index (κ3) is 2.07. The summed E-state index contributed by atoms with van der Waals surface area (Å²) in [5.74, 6) is -1.91. The summed E-state index contributed by atoms with van der Waals surface area (Å²) in [7, 11) is 0. The number of rotatable bonds is 1. The number of nitrogens with zero attached hydrogens (tertiary/aromatic N) is 1. The van der Waals surface area contributed by atoms with Gasteiger partial charge in [-0.15, -0.1) is 0 Å². The highest BCUT2D eigenvalue weighted by Crippen LogP contribution is 2.23. The quantitative estimate of drug-likeness (QED) is 0.706. The van der Waals surface area contributed by atoms with Crippen molar-refractivity contribution in [1.29, 1.82) is 0 Å². The largest absolute Gasteiger partial charge is 0.338 e. The highest BCUT2D eigenvalue weighted by molar-refractivity contribution is 5.79. The van der Waals surface area contributed by atoms with Gasteiger partial charge in [0.2, 0.25) is 0 Å². The molecule has 0 saturated carbocycles. The van der Waals surface area contributed by atoms with Crippen molar-refractivity contribution in [3.8, 4) is 11.4 Å². The number of benzene rings is 2. The van der Waals surface area contributed by atoms with Crippen molar-refractivity contribution in [3.05, 3.63) is 53.3 Å². The molecule has 1 heterocycles. The van der Waals surface area contributed by atoms with Crippen molar-refractivity contribution in [2.75, 3.05) is 0 Å². The van der Waals surface area contributed by atoms with Gasteiger partial charge >= 0.3 is 0 Å². The Balaban J connectivity index is 2.20. The smallest absolute Gasteiger partial charge is 0.161 e. The van der Waals surface area contributed by atoms with Crippen LogP contribution in [0.2, 0.25) is 0 Å². The summed E-state index contributed by atoms with van der Waals surface area (Å²) in [6.07, 6.45) is 0. The lowest BCUT2D eigenvalue weighted by atomic mass is 10.1. The summed E-state index contributed by atoms with van der Waals surface area (Å²) in [5, 5.41) is 0.